The Labute approximate surface area is 129 Å². The number of Topliss-reactive ketones (excluding diaryl/α,β-unsaturated/α-hetero) is 1. The number of hydrogen-bond acceptors (Lipinski definition) is 2. The molecule has 0 amide bonds. The third-order valence-electron chi connectivity index (χ3n) is 4.22. The number of carbonyl (C=O) groups is 1. The number of ketones is 1. The summed E-state index contributed by atoms with van der Waals surface area (Å²) in [5.74, 6) is 0.192. The molecule has 1 aromatic heterocycles. The van der Waals surface area contributed by atoms with Crippen LogP contribution >= 0.6 is 11.6 Å². The number of rotatable bonds is 4. The summed E-state index contributed by atoms with van der Waals surface area (Å²) in [5, 5.41) is 1.68. The summed E-state index contributed by atoms with van der Waals surface area (Å²) < 4.78 is 7.66. The van der Waals surface area contributed by atoms with Crippen LogP contribution in [-0.2, 0) is 11.8 Å². The first-order chi connectivity index (χ1) is 10.1. The monoisotopic (exact) mass is 305 g/mol. The van der Waals surface area contributed by atoms with Gasteiger partial charge >= 0.3 is 0 Å². The van der Waals surface area contributed by atoms with Crippen LogP contribution < -0.4 is 0 Å². The quantitative estimate of drug-likeness (QED) is 0.786. The van der Waals surface area contributed by atoms with Crippen molar-refractivity contribution in [3.8, 4) is 0 Å². The van der Waals surface area contributed by atoms with Gasteiger partial charge in [-0.2, -0.15) is 0 Å². The second-order valence-electron chi connectivity index (χ2n) is 5.77. The van der Waals surface area contributed by atoms with E-state index < -0.39 is 0 Å². The van der Waals surface area contributed by atoms with Gasteiger partial charge in [0.1, 0.15) is 0 Å². The fourth-order valence-corrected chi connectivity index (χ4v) is 3.21. The summed E-state index contributed by atoms with van der Waals surface area (Å²) in [6.45, 7) is 0.839. The van der Waals surface area contributed by atoms with E-state index >= 15 is 0 Å². The zero-order chi connectivity index (χ0) is 14.8. The number of benzene rings is 1. The Hall–Kier alpha value is -1.32. The van der Waals surface area contributed by atoms with Gasteiger partial charge in [0, 0.05) is 47.8 Å². The van der Waals surface area contributed by atoms with E-state index in [1.165, 1.54) is 6.42 Å². The minimum Gasteiger partial charge on any atom is -0.378 e. The average molecular weight is 306 g/mol. The minimum absolute atomic E-state index is 0.192. The Bertz CT molecular complexity index is 656. The van der Waals surface area contributed by atoms with Crippen molar-refractivity contribution in [2.24, 2.45) is 7.05 Å². The molecule has 4 heteroatoms. The maximum absolute atomic E-state index is 12.5. The van der Waals surface area contributed by atoms with Crippen LogP contribution in [0, 0.1) is 0 Å². The Balaban J connectivity index is 1.75. The molecule has 2 aromatic rings. The topological polar surface area (TPSA) is 31.2 Å². The van der Waals surface area contributed by atoms with Gasteiger partial charge in [-0.25, -0.2) is 0 Å². The Kier molecular flexibility index (Phi) is 4.32. The third-order valence-corrected chi connectivity index (χ3v) is 4.46. The van der Waals surface area contributed by atoms with Gasteiger partial charge in [0.2, 0.25) is 0 Å². The summed E-state index contributed by atoms with van der Waals surface area (Å²) in [4.78, 5) is 12.5. The lowest BCUT2D eigenvalue weighted by atomic mass is 10.00. The number of ether oxygens (including phenoxy) is 1. The fourth-order valence-electron chi connectivity index (χ4n) is 3.04. The van der Waals surface area contributed by atoms with E-state index in [1.807, 2.05) is 36.0 Å². The summed E-state index contributed by atoms with van der Waals surface area (Å²) in [5.41, 5.74) is 1.79. The van der Waals surface area contributed by atoms with E-state index in [0.717, 1.165) is 42.3 Å². The summed E-state index contributed by atoms with van der Waals surface area (Å²) in [7, 11) is 1.94. The first-order valence-electron chi connectivity index (χ1n) is 7.54. The van der Waals surface area contributed by atoms with Crippen LogP contribution in [-0.4, -0.2) is 23.1 Å². The molecule has 0 radical (unpaired) electrons. The van der Waals surface area contributed by atoms with Gasteiger partial charge in [0.15, 0.2) is 5.78 Å². The normalized spacial score (nSPS) is 19.0. The molecule has 3 rings (SSSR count). The van der Waals surface area contributed by atoms with Crippen molar-refractivity contribution in [2.75, 3.05) is 6.61 Å². The molecule has 0 N–H and O–H groups in total. The molecule has 1 fully saturated rings. The largest absolute Gasteiger partial charge is 0.378 e. The van der Waals surface area contributed by atoms with Crippen LogP contribution in [0.4, 0.5) is 0 Å². The second-order valence-corrected chi connectivity index (χ2v) is 6.20. The van der Waals surface area contributed by atoms with Crippen LogP contribution in [0.3, 0.4) is 0 Å². The van der Waals surface area contributed by atoms with E-state index in [9.17, 15) is 4.79 Å². The number of aryl methyl sites for hydroxylation is 1. The highest BCUT2D eigenvalue weighted by Crippen LogP contribution is 2.26. The SMILES string of the molecule is Cn1cc(C(=O)CCC2CCCCO2)c2ccc(Cl)cc21. The second kappa shape index (κ2) is 6.20. The van der Waals surface area contributed by atoms with Crippen LogP contribution in [0.5, 0.6) is 0 Å². The highest BCUT2D eigenvalue weighted by molar-refractivity contribution is 6.31. The van der Waals surface area contributed by atoms with Crippen molar-refractivity contribution in [2.45, 2.75) is 38.2 Å². The lowest BCUT2D eigenvalue weighted by molar-refractivity contribution is 0.0104. The maximum Gasteiger partial charge on any atom is 0.165 e. The zero-order valence-electron chi connectivity index (χ0n) is 12.3. The van der Waals surface area contributed by atoms with E-state index in [0.29, 0.717) is 11.4 Å². The Morgan fingerprint density at radius 3 is 3.05 bits per heavy atom. The number of fused-ring (bicyclic) bond motifs is 1. The van der Waals surface area contributed by atoms with Crippen LogP contribution in [0.1, 0.15) is 42.5 Å². The minimum atomic E-state index is 0.192. The van der Waals surface area contributed by atoms with E-state index in [2.05, 4.69) is 0 Å². The summed E-state index contributed by atoms with van der Waals surface area (Å²) in [6, 6.07) is 5.67. The van der Waals surface area contributed by atoms with Crippen molar-refractivity contribution >= 4 is 28.3 Å². The van der Waals surface area contributed by atoms with Crippen molar-refractivity contribution in [1.29, 1.82) is 0 Å². The van der Waals surface area contributed by atoms with Gasteiger partial charge in [-0.05, 0) is 37.8 Å². The Morgan fingerprint density at radius 2 is 2.29 bits per heavy atom. The van der Waals surface area contributed by atoms with Crippen LogP contribution in [0.15, 0.2) is 24.4 Å². The molecule has 1 unspecified atom stereocenters. The molecule has 1 aliphatic rings. The number of hydrogen-bond donors (Lipinski definition) is 0. The van der Waals surface area contributed by atoms with Gasteiger partial charge in [-0.1, -0.05) is 17.7 Å². The van der Waals surface area contributed by atoms with Gasteiger partial charge in [0.25, 0.3) is 0 Å². The van der Waals surface area contributed by atoms with Crippen molar-refractivity contribution in [3.05, 3.63) is 35.0 Å². The summed E-state index contributed by atoms with van der Waals surface area (Å²) >= 11 is 6.03. The summed E-state index contributed by atoms with van der Waals surface area (Å²) in [6.07, 6.45) is 6.98. The first-order valence-corrected chi connectivity index (χ1v) is 7.92. The van der Waals surface area contributed by atoms with Gasteiger partial charge < -0.3 is 9.30 Å². The molecule has 1 aromatic carbocycles. The first kappa shape index (κ1) is 14.6. The number of aromatic nitrogens is 1. The standard InChI is InChI=1S/C17H20ClNO2/c1-19-11-15(14-7-5-12(18)10-16(14)19)17(20)8-6-13-4-2-3-9-21-13/h5,7,10-11,13H,2-4,6,8-9H2,1H3. The maximum atomic E-state index is 12.5. The fraction of sp³-hybridized carbons (Fsp3) is 0.471. The number of halogens is 1. The molecule has 0 spiro atoms. The molecule has 2 heterocycles. The van der Waals surface area contributed by atoms with E-state index in [1.54, 1.807) is 0 Å². The molecule has 21 heavy (non-hydrogen) atoms. The van der Waals surface area contributed by atoms with Crippen LogP contribution in [0.25, 0.3) is 10.9 Å². The van der Waals surface area contributed by atoms with Gasteiger partial charge in [0.05, 0.1) is 6.10 Å². The molecule has 3 nitrogen and oxygen atoms in total. The number of carbonyl (C=O) groups excluding carboxylic acids is 1. The van der Waals surface area contributed by atoms with Crippen molar-refractivity contribution < 1.29 is 9.53 Å². The molecule has 1 aliphatic heterocycles. The van der Waals surface area contributed by atoms with E-state index in [-0.39, 0.29) is 11.9 Å². The van der Waals surface area contributed by atoms with Gasteiger partial charge in [-0.15, -0.1) is 0 Å². The van der Waals surface area contributed by atoms with Crippen molar-refractivity contribution in [1.82, 2.24) is 4.57 Å². The molecule has 0 bridgehead atoms. The molecule has 112 valence electrons. The predicted molar refractivity (Wildman–Crippen MR) is 85.1 cm³/mol. The highest BCUT2D eigenvalue weighted by atomic mass is 35.5. The highest BCUT2D eigenvalue weighted by Gasteiger charge is 2.18. The molecular weight excluding hydrogens is 286 g/mol. The lowest BCUT2D eigenvalue weighted by Crippen LogP contribution is -2.19. The van der Waals surface area contributed by atoms with Crippen LogP contribution in [0.2, 0.25) is 5.02 Å². The lowest BCUT2D eigenvalue weighted by Gasteiger charge is -2.22. The average Bonchev–Trinajstić information content (AvgIpc) is 2.83. The van der Waals surface area contributed by atoms with Crippen molar-refractivity contribution in [3.63, 3.8) is 0 Å². The molecule has 1 atom stereocenters. The van der Waals surface area contributed by atoms with Gasteiger partial charge in [-0.3, -0.25) is 4.79 Å². The molecule has 0 aliphatic carbocycles. The zero-order valence-corrected chi connectivity index (χ0v) is 13.0. The molecule has 0 saturated carbocycles. The van der Waals surface area contributed by atoms with E-state index in [4.69, 9.17) is 16.3 Å². The smallest absolute Gasteiger partial charge is 0.165 e. The predicted octanol–water partition coefficient (Wildman–Crippen LogP) is 4.36. The molecular formula is C17H20ClNO2. The number of nitrogens with zero attached hydrogens (tertiary/aromatic N) is 1. The third kappa shape index (κ3) is 3.14. The Morgan fingerprint density at radius 1 is 1.43 bits per heavy atom. The molecule has 1 saturated heterocycles.